The first kappa shape index (κ1) is 18.0. The van der Waals surface area contributed by atoms with Gasteiger partial charge in [0.25, 0.3) is 0 Å². The smallest absolute Gasteiger partial charge is 0.116 e. The molecule has 0 radical (unpaired) electrons. The van der Waals surface area contributed by atoms with Crippen LogP contribution in [0.15, 0.2) is 0 Å². The lowest BCUT2D eigenvalue weighted by Gasteiger charge is -2.44. The number of hydrogen-bond donors (Lipinski definition) is 0. The quantitative estimate of drug-likeness (QED) is 0.660. The van der Waals surface area contributed by atoms with Gasteiger partial charge in [-0.3, -0.25) is 0 Å². The van der Waals surface area contributed by atoms with Gasteiger partial charge in [0.05, 0.1) is 5.60 Å². The van der Waals surface area contributed by atoms with Crippen LogP contribution in [0.2, 0.25) is 0 Å². The summed E-state index contributed by atoms with van der Waals surface area (Å²) in [5, 5.41) is 0. The van der Waals surface area contributed by atoms with E-state index in [0.717, 1.165) is 41.8 Å². The summed E-state index contributed by atoms with van der Waals surface area (Å²) in [5.74, 6) is 6.10. The number of carbonyl (C=O) groups is 1. The van der Waals surface area contributed by atoms with Crippen LogP contribution in [-0.2, 0) is 9.53 Å². The standard InChI is InChI=1S/C18H32O.C2H4O/c1-5-12-8-9-14-15-10-13(17(12)14)11-16(15)18(6-2,7-3)19-4;1-2-3/h12-17H,5-11H2,1-4H3;2H,1H3. The van der Waals surface area contributed by atoms with Crippen molar-refractivity contribution in [2.75, 3.05) is 7.11 Å². The van der Waals surface area contributed by atoms with Crippen molar-refractivity contribution in [1.82, 2.24) is 0 Å². The molecule has 3 aliphatic carbocycles. The molecule has 22 heavy (non-hydrogen) atoms. The Hall–Kier alpha value is -0.370. The van der Waals surface area contributed by atoms with Crippen molar-refractivity contribution in [3.05, 3.63) is 0 Å². The van der Waals surface area contributed by atoms with Gasteiger partial charge < -0.3 is 9.53 Å². The van der Waals surface area contributed by atoms with Crippen molar-refractivity contribution in [2.24, 2.45) is 35.5 Å². The molecule has 2 heteroatoms. The molecule has 0 amide bonds. The minimum Gasteiger partial charge on any atom is -0.378 e. The summed E-state index contributed by atoms with van der Waals surface area (Å²) in [6.07, 6.45) is 10.6. The number of fused-ring (bicyclic) bond motifs is 5. The zero-order chi connectivity index (χ0) is 16.3. The molecule has 2 bridgehead atoms. The number of rotatable bonds is 5. The molecule has 0 aromatic heterocycles. The first-order chi connectivity index (χ1) is 10.6. The minimum absolute atomic E-state index is 0.189. The summed E-state index contributed by atoms with van der Waals surface area (Å²) in [5.41, 5.74) is 0.189. The van der Waals surface area contributed by atoms with Crippen LogP contribution in [0.4, 0.5) is 0 Å². The van der Waals surface area contributed by atoms with Gasteiger partial charge in [0.15, 0.2) is 0 Å². The van der Waals surface area contributed by atoms with Crippen molar-refractivity contribution < 1.29 is 9.53 Å². The van der Waals surface area contributed by atoms with Crippen LogP contribution in [0.1, 0.15) is 72.6 Å². The molecule has 2 nitrogen and oxygen atoms in total. The lowest BCUT2D eigenvalue weighted by Crippen LogP contribution is -2.44. The Morgan fingerprint density at radius 2 is 1.73 bits per heavy atom. The normalized spacial score (nSPS) is 39.3. The molecule has 0 heterocycles. The first-order valence-corrected chi connectivity index (χ1v) is 9.57. The Morgan fingerprint density at radius 3 is 2.23 bits per heavy atom. The third-order valence-electron chi connectivity index (χ3n) is 7.46. The molecule has 3 rings (SSSR count). The summed E-state index contributed by atoms with van der Waals surface area (Å²) < 4.78 is 6.07. The maximum absolute atomic E-state index is 8.81. The Bertz CT molecular complexity index is 352. The average molecular weight is 309 g/mol. The summed E-state index contributed by atoms with van der Waals surface area (Å²) in [4.78, 5) is 8.81. The van der Waals surface area contributed by atoms with Crippen LogP contribution in [0, 0.1) is 35.5 Å². The third kappa shape index (κ3) is 2.77. The van der Waals surface area contributed by atoms with E-state index in [4.69, 9.17) is 9.53 Å². The monoisotopic (exact) mass is 308 g/mol. The summed E-state index contributed by atoms with van der Waals surface area (Å²) in [6.45, 7) is 8.52. The van der Waals surface area contributed by atoms with Gasteiger partial charge >= 0.3 is 0 Å². The maximum Gasteiger partial charge on any atom is 0.116 e. The van der Waals surface area contributed by atoms with Crippen molar-refractivity contribution in [3.63, 3.8) is 0 Å². The van der Waals surface area contributed by atoms with Crippen LogP contribution in [0.25, 0.3) is 0 Å². The molecular weight excluding hydrogens is 272 g/mol. The summed E-state index contributed by atoms with van der Waals surface area (Å²) >= 11 is 0. The highest BCUT2D eigenvalue weighted by Gasteiger charge is 2.60. The van der Waals surface area contributed by atoms with Gasteiger partial charge in [0.2, 0.25) is 0 Å². The second kappa shape index (κ2) is 7.47. The lowest BCUT2D eigenvalue weighted by atomic mass is 9.66. The fourth-order valence-electron chi connectivity index (χ4n) is 6.57. The average Bonchev–Trinajstić information content (AvgIpc) is 3.22. The second-order valence-corrected chi connectivity index (χ2v) is 7.70. The molecule has 0 aromatic carbocycles. The topological polar surface area (TPSA) is 26.3 Å². The van der Waals surface area contributed by atoms with Crippen LogP contribution in [0.5, 0.6) is 0 Å². The molecule has 3 fully saturated rings. The molecule has 128 valence electrons. The predicted molar refractivity (Wildman–Crippen MR) is 91.8 cm³/mol. The zero-order valence-corrected chi connectivity index (χ0v) is 15.3. The van der Waals surface area contributed by atoms with Crippen LogP contribution >= 0.6 is 0 Å². The van der Waals surface area contributed by atoms with E-state index in [1.807, 2.05) is 7.11 Å². The molecular formula is C20H36O2. The van der Waals surface area contributed by atoms with E-state index in [9.17, 15) is 0 Å². The van der Waals surface area contributed by atoms with Gasteiger partial charge in [0.1, 0.15) is 6.29 Å². The highest BCUT2D eigenvalue weighted by atomic mass is 16.5. The van der Waals surface area contributed by atoms with E-state index in [2.05, 4.69) is 20.8 Å². The number of hydrogen-bond acceptors (Lipinski definition) is 2. The molecule has 0 aliphatic heterocycles. The Kier molecular flexibility index (Phi) is 6.10. The number of carbonyl (C=O) groups excluding carboxylic acids is 1. The molecule has 6 atom stereocenters. The zero-order valence-electron chi connectivity index (χ0n) is 15.3. The minimum atomic E-state index is 0.189. The predicted octanol–water partition coefficient (Wildman–Crippen LogP) is 5.11. The van der Waals surface area contributed by atoms with E-state index in [0.29, 0.717) is 0 Å². The number of aldehydes is 1. The Labute approximate surface area is 137 Å². The summed E-state index contributed by atoms with van der Waals surface area (Å²) in [6, 6.07) is 0. The molecule has 6 unspecified atom stereocenters. The van der Waals surface area contributed by atoms with Gasteiger partial charge in [-0.15, -0.1) is 0 Å². The number of ether oxygens (including phenoxy) is 1. The van der Waals surface area contributed by atoms with Gasteiger partial charge in [-0.2, -0.15) is 0 Å². The van der Waals surface area contributed by atoms with E-state index < -0.39 is 0 Å². The Balaban J connectivity index is 0.000000545. The van der Waals surface area contributed by atoms with E-state index in [-0.39, 0.29) is 5.60 Å². The molecule has 0 saturated heterocycles. The molecule has 3 saturated carbocycles. The van der Waals surface area contributed by atoms with Crippen molar-refractivity contribution in [2.45, 2.75) is 78.2 Å². The van der Waals surface area contributed by atoms with Gasteiger partial charge in [-0.1, -0.05) is 27.2 Å². The first-order valence-electron chi connectivity index (χ1n) is 9.57. The highest BCUT2D eigenvalue weighted by Crippen LogP contribution is 2.65. The number of methoxy groups -OCH3 is 1. The van der Waals surface area contributed by atoms with Crippen LogP contribution < -0.4 is 0 Å². The van der Waals surface area contributed by atoms with Gasteiger partial charge in [-0.25, -0.2) is 0 Å². The van der Waals surface area contributed by atoms with E-state index >= 15 is 0 Å². The SMILES string of the molecule is CC=O.CCC1CCC2C3CC(CC3C(CC)(CC)OC)C12. The molecule has 0 aromatic rings. The fourth-order valence-corrected chi connectivity index (χ4v) is 6.57. The maximum atomic E-state index is 8.81. The summed E-state index contributed by atoms with van der Waals surface area (Å²) in [7, 11) is 1.96. The van der Waals surface area contributed by atoms with E-state index in [1.54, 1.807) is 0 Å². The molecule has 0 N–H and O–H groups in total. The highest BCUT2D eigenvalue weighted by molar-refractivity contribution is 5.44. The third-order valence-corrected chi connectivity index (χ3v) is 7.46. The van der Waals surface area contributed by atoms with Crippen molar-refractivity contribution in [1.29, 1.82) is 0 Å². The fraction of sp³-hybridized carbons (Fsp3) is 0.950. The van der Waals surface area contributed by atoms with Crippen molar-refractivity contribution >= 4 is 6.29 Å². The molecule has 0 spiro atoms. The van der Waals surface area contributed by atoms with E-state index in [1.165, 1.54) is 51.9 Å². The van der Waals surface area contributed by atoms with Gasteiger partial charge in [0, 0.05) is 7.11 Å². The molecule has 3 aliphatic rings. The second-order valence-electron chi connectivity index (χ2n) is 7.70. The van der Waals surface area contributed by atoms with Crippen LogP contribution in [-0.4, -0.2) is 19.0 Å². The van der Waals surface area contributed by atoms with Crippen molar-refractivity contribution in [3.8, 4) is 0 Å². The lowest BCUT2D eigenvalue weighted by molar-refractivity contribution is -0.106. The van der Waals surface area contributed by atoms with Crippen LogP contribution in [0.3, 0.4) is 0 Å². The Morgan fingerprint density at radius 1 is 1.09 bits per heavy atom. The largest absolute Gasteiger partial charge is 0.378 e. The van der Waals surface area contributed by atoms with Gasteiger partial charge in [-0.05, 0) is 81.0 Å².